The number of carbonyl (C=O) groups is 1. The van der Waals surface area contributed by atoms with Crippen LogP contribution in [0.15, 0.2) is 36.4 Å². The van der Waals surface area contributed by atoms with Crippen LogP contribution in [0.3, 0.4) is 0 Å². The third-order valence-corrected chi connectivity index (χ3v) is 4.00. The highest BCUT2D eigenvalue weighted by atomic mass is 16.1. The number of hydrogen-bond donors (Lipinski definition) is 1. The Morgan fingerprint density at radius 2 is 1.96 bits per heavy atom. The molecule has 23 heavy (non-hydrogen) atoms. The summed E-state index contributed by atoms with van der Waals surface area (Å²) in [5, 5.41) is 7.27. The van der Waals surface area contributed by atoms with Crippen molar-refractivity contribution in [1.82, 2.24) is 15.1 Å². The molecule has 0 atom stereocenters. The van der Waals surface area contributed by atoms with Gasteiger partial charge in [-0.15, -0.1) is 0 Å². The summed E-state index contributed by atoms with van der Waals surface area (Å²) in [7, 11) is 1.91. The summed E-state index contributed by atoms with van der Waals surface area (Å²) in [4.78, 5) is 11.9. The summed E-state index contributed by atoms with van der Waals surface area (Å²) in [5.74, 6) is -0.0487. The van der Waals surface area contributed by atoms with E-state index in [-0.39, 0.29) is 5.91 Å². The number of amides is 1. The van der Waals surface area contributed by atoms with Gasteiger partial charge in [0.1, 0.15) is 0 Å². The largest absolute Gasteiger partial charge is 0.353 e. The number of nitrogens with one attached hydrogen (secondary N) is 1. The van der Waals surface area contributed by atoms with E-state index in [1.807, 2.05) is 37.7 Å². The molecule has 0 saturated heterocycles. The van der Waals surface area contributed by atoms with Gasteiger partial charge in [0, 0.05) is 30.9 Å². The van der Waals surface area contributed by atoms with Crippen LogP contribution in [-0.4, -0.2) is 22.2 Å². The summed E-state index contributed by atoms with van der Waals surface area (Å²) in [6, 6.07) is 10.4. The normalized spacial score (nSPS) is 11.1. The zero-order valence-electron chi connectivity index (χ0n) is 14.2. The number of hydrogen-bond acceptors (Lipinski definition) is 2. The lowest BCUT2D eigenvalue weighted by atomic mass is 10.1. The number of benzene rings is 1. The van der Waals surface area contributed by atoms with Gasteiger partial charge in [-0.05, 0) is 44.7 Å². The van der Waals surface area contributed by atoms with E-state index in [0.29, 0.717) is 6.54 Å². The minimum absolute atomic E-state index is 0.0487. The molecule has 0 radical (unpaired) electrons. The van der Waals surface area contributed by atoms with Gasteiger partial charge in [0.2, 0.25) is 5.91 Å². The molecule has 0 saturated carbocycles. The molecule has 1 N–H and O–H groups in total. The number of carbonyl (C=O) groups excluding carboxylic acids is 1. The maximum atomic E-state index is 11.9. The fourth-order valence-electron chi connectivity index (χ4n) is 2.56. The molecule has 0 unspecified atom stereocenters. The molecular weight excluding hydrogens is 286 g/mol. The zero-order valence-corrected chi connectivity index (χ0v) is 14.2. The molecule has 1 aromatic carbocycles. The first-order valence-electron chi connectivity index (χ1n) is 8.08. The lowest BCUT2D eigenvalue weighted by Crippen LogP contribution is -2.22. The SMILES string of the molecule is Cc1nn(C)c(C)c1/C=C/C(=O)NCCCCc1ccccc1. The standard InChI is InChI=1S/C19H25N3O/c1-15-18(16(2)22(3)21-15)12-13-19(23)20-14-8-7-11-17-9-5-4-6-10-17/h4-6,9-10,12-13H,7-8,11,14H2,1-3H3,(H,20,23)/b13-12+. The second-order valence-corrected chi connectivity index (χ2v) is 5.78. The minimum Gasteiger partial charge on any atom is -0.353 e. The Bertz CT molecular complexity index is 671. The number of nitrogens with zero attached hydrogens (tertiary/aromatic N) is 2. The molecule has 1 amide bonds. The van der Waals surface area contributed by atoms with Gasteiger partial charge in [-0.2, -0.15) is 5.10 Å². The van der Waals surface area contributed by atoms with Gasteiger partial charge < -0.3 is 5.32 Å². The first-order chi connectivity index (χ1) is 11.1. The highest BCUT2D eigenvalue weighted by molar-refractivity contribution is 5.91. The number of aryl methyl sites for hydroxylation is 3. The molecule has 0 aliphatic heterocycles. The van der Waals surface area contributed by atoms with Crippen LogP contribution >= 0.6 is 0 Å². The number of unbranched alkanes of at least 4 members (excludes halogenated alkanes) is 1. The van der Waals surface area contributed by atoms with Gasteiger partial charge in [-0.25, -0.2) is 0 Å². The molecule has 1 heterocycles. The smallest absolute Gasteiger partial charge is 0.244 e. The van der Waals surface area contributed by atoms with Crippen molar-refractivity contribution in [2.45, 2.75) is 33.1 Å². The first kappa shape index (κ1) is 17.0. The quantitative estimate of drug-likeness (QED) is 0.630. The fourth-order valence-corrected chi connectivity index (χ4v) is 2.56. The highest BCUT2D eigenvalue weighted by Gasteiger charge is 2.06. The van der Waals surface area contributed by atoms with E-state index in [0.717, 1.165) is 36.2 Å². The van der Waals surface area contributed by atoms with Gasteiger partial charge in [0.15, 0.2) is 0 Å². The Morgan fingerprint density at radius 3 is 2.61 bits per heavy atom. The third kappa shape index (κ3) is 5.09. The van der Waals surface area contributed by atoms with Crippen molar-refractivity contribution < 1.29 is 4.79 Å². The zero-order chi connectivity index (χ0) is 16.7. The molecule has 2 aromatic rings. The predicted octanol–water partition coefficient (Wildman–Crippen LogP) is 3.19. The minimum atomic E-state index is -0.0487. The Hall–Kier alpha value is -2.36. The molecule has 0 fully saturated rings. The summed E-state index contributed by atoms with van der Waals surface area (Å²) >= 11 is 0. The van der Waals surface area contributed by atoms with Crippen molar-refractivity contribution in [2.24, 2.45) is 7.05 Å². The summed E-state index contributed by atoms with van der Waals surface area (Å²) < 4.78 is 1.83. The Balaban J connectivity index is 1.70. The van der Waals surface area contributed by atoms with Gasteiger partial charge >= 0.3 is 0 Å². The average molecular weight is 311 g/mol. The van der Waals surface area contributed by atoms with Gasteiger partial charge in [0.25, 0.3) is 0 Å². The van der Waals surface area contributed by atoms with E-state index in [2.05, 4.69) is 34.7 Å². The summed E-state index contributed by atoms with van der Waals surface area (Å²) in [6.07, 6.45) is 6.56. The predicted molar refractivity (Wildman–Crippen MR) is 94.1 cm³/mol. The Labute approximate surface area is 138 Å². The maximum absolute atomic E-state index is 11.9. The van der Waals surface area contributed by atoms with E-state index < -0.39 is 0 Å². The topological polar surface area (TPSA) is 46.9 Å². The first-order valence-corrected chi connectivity index (χ1v) is 8.08. The van der Waals surface area contributed by atoms with E-state index in [1.54, 1.807) is 6.08 Å². The molecule has 0 spiro atoms. The van der Waals surface area contributed by atoms with Crippen LogP contribution in [0, 0.1) is 13.8 Å². The van der Waals surface area contributed by atoms with Crippen molar-refractivity contribution in [3.05, 3.63) is 58.9 Å². The van der Waals surface area contributed by atoms with Crippen molar-refractivity contribution >= 4 is 12.0 Å². The number of rotatable bonds is 7. The molecule has 122 valence electrons. The van der Waals surface area contributed by atoms with Crippen molar-refractivity contribution in [3.8, 4) is 0 Å². The number of aromatic nitrogens is 2. The fraction of sp³-hybridized carbons (Fsp3) is 0.368. The summed E-state index contributed by atoms with van der Waals surface area (Å²) in [5.41, 5.74) is 4.37. The molecule has 0 aliphatic rings. The van der Waals surface area contributed by atoms with Crippen molar-refractivity contribution in [3.63, 3.8) is 0 Å². The molecule has 0 aliphatic carbocycles. The summed E-state index contributed by atoms with van der Waals surface area (Å²) in [6.45, 7) is 4.66. The van der Waals surface area contributed by atoms with Crippen LogP contribution in [-0.2, 0) is 18.3 Å². The Morgan fingerprint density at radius 1 is 1.22 bits per heavy atom. The van der Waals surface area contributed by atoms with E-state index in [9.17, 15) is 4.79 Å². The van der Waals surface area contributed by atoms with Crippen LogP contribution in [0.1, 0.15) is 35.4 Å². The second-order valence-electron chi connectivity index (χ2n) is 5.78. The van der Waals surface area contributed by atoms with E-state index in [4.69, 9.17) is 0 Å². The van der Waals surface area contributed by atoms with Crippen LogP contribution in [0.5, 0.6) is 0 Å². The lowest BCUT2D eigenvalue weighted by molar-refractivity contribution is -0.116. The molecular formula is C19H25N3O. The van der Waals surface area contributed by atoms with E-state index >= 15 is 0 Å². The maximum Gasteiger partial charge on any atom is 0.244 e. The lowest BCUT2D eigenvalue weighted by Gasteiger charge is -2.03. The Kier molecular flexibility index (Phi) is 6.15. The van der Waals surface area contributed by atoms with E-state index in [1.165, 1.54) is 5.56 Å². The van der Waals surface area contributed by atoms with Crippen LogP contribution in [0.2, 0.25) is 0 Å². The van der Waals surface area contributed by atoms with Gasteiger partial charge in [-0.3, -0.25) is 9.48 Å². The van der Waals surface area contributed by atoms with Crippen LogP contribution in [0.25, 0.3) is 6.08 Å². The monoisotopic (exact) mass is 311 g/mol. The van der Waals surface area contributed by atoms with Crippen LogP contribution in [0.4, 0.5) is 0 Å². The van der Waals surface area contributed by atoms with Crippen molar-refractivity contribution in [1.29, 1.82) is 0 Å². The van der Waals surface area contributed by atoms with Gasteiger partial charge in [-0.1, -0.05) is 30.3 Å². The second kappa shape index (κ2) is 8.32. The van der Waals surface area contributed by atoms with Gasteiger partial charge in [0.05, 0.1) is 5.69 Å². The van der Waals surface area contributed by atoms with Crippen LogP contribution < -0.4 is 5.32 Å². The van der Waals surface area contributed by atoms with Crippen molar-refractivity contribution in [2.75, 3.05) is 6.54 Å². The average Bonchev–Trinajstić information content (AvgIpc) is 2.79. The molecule has 0 bridgehead atoms. The molecule has 2 rings (SSSR count). The molecule has 1 aromatic heterocycles. The molecule has 4 nitrogen and oxygen atoms in total. The third-order valence-electron chi connectivity index (χ3n) is 4.00. The highest BCUT2D eigenvalue weighted by Crippen LogP contribution is 2.13. The molecule has 4 heteroatoms.